The minimum atomic E-state index is -0.0734. The van der Waals surface area contributed by atoms with E-state index in [1.807, 2.05) is 55.6 Å². The number of fused-ring (bicyclic) bond motifs is 2. The zero-order valence-electron chi connectivity index (χ0n) is 18.1. The third-order valence-corrected chi connectivity index (χ3v) is 5.79. The van der Waals surface area contributed by atoms with E-state index in [1.54, 1.807) is 11.0 Å². The van der Waals surface area contributed by atoms with Gasteiger partial charge >= 0.3 is 0 Å². The number of amides is 1. The summed E-state index contributed by atoms with van der Waals surface area (Å²) < 4.78 is 5.67. The minimum Gasteiger partial charge on any atom is -0.441 e. The summed E-state index contributed by atoms with van der Waals surface area (Å²) in [4.78, 5) is 21.6. The van der Waals surface area contributed by atoms with E-state index in [2.05, 4.69) is 35.1 Å². The fourth-order valence-electron chi connectivity index (χ4n) is 4.28. The summed E-state index contributed by atoms with van der Waals surface area (Å²) in [5, 5.41) is 3.53. The van der Waals surface area contributed by atoms with Crippen LogP contribution in [0.5, 0.6) is 0 Å². The minimum absolute atomic E-state index is 0.0385. The fraction of sp³-hybridized carbons (Fsp3) is 0.280. The molecule has 1 aromatic carbocycles. The van der Waals surface area contributed by atoms with Gasteiger partial charge in [-0.25, -0.2) is 4.98 Å². The first-order valence-corrected chi connectivity index (χ1v) is 10.6. The molecular formula is C25H26N4O2. The average Bonchev–Trinajstić information content (AvgIpc) is 3.10. The van der Waals surface area contributed by atoms with E-state index in [0.29, 0.717) is 5.89 Å². The Kier molecular flexibility index (Phi) is 4.67. The van der Waals surface area contributed by atoms with Crippen molar-refractivity contribution in [3.05, 3.63) is 83.7 Å². The second kappa shape index (κ2) is 7.39. The molecule has 0 atom stereocenters. The number of benzene rings is 1. The van der Waals surface area contributed by atoms with Crippen molar-refractivity contribution >= 4 is 22.6 Å². The van der Waals surface area contributed by atoms with Gasteiger partial charge in [-0.2, -0.15) is 0 Å². The van der Waals surface area contributed by atoms with Crippen LogP contribution in [0.1, 0.15) is 25.3 Å². The number of hydrogen-bond acceptors (Lipinski definition) is 5. The van der Waals surface area contributed by atoms with Crippen LogP contribution in [-0.4, -0.2) is 45.9 Å². The third-order valence-electron chi connectivity index (χ3n) is 5.79. The molecule has 0 bridgehead atoms. The zero-order chi connectivity index (χ0) is 21.6. The number of carbonyl (C=O) groups is 1. The lowest BCUT2D eigenvalue weighted by atomic mass is 10.0. The maximum Gasteiger partial charge on any atom is 0.255 e. The Balaban J connectivity index is 1.47. The van der Waals surface area contributed by atoms with Crippen LogP contribution in [0.4, 0.5) is 0 Å². The van der Waals surface area contributed by atoms with E-state index < -0.39 is 0 Å². The Bertz CT molecular complexity index is 1210. The Morgan fingerprint density at radius 1 is 1.16 bits per heavy atom. The fourth-order valence-corrected chi connectivity index (χ4v) is 4.28. The molecule has 1 fully saturated rings. The van der Waals surface area contributed by atoms with Crippen LogP contribution in [-0.2, 0) is 4.79 Å². The number of aromatic nitrogens is 1. The molecule has 1 saturated heterocycles. The predicted octanol–water partition coefficient (Wildman–Crippen LogP) is 3.90. The monoisotopic (exact) mass is 414 g/mol. The Morgan fingerprint density at radius 3 is 2.84 bits per heavy atom. The Labute approximate surface area is 181 Å². The van der Waals surface area contributed by atoms with Gasteiger partial charge in [0.05, 0.1) is 5.70 Å². The molecular weight excluding hydrogens is 388 g/mol. The number of rotatable bonds is 2. The van der Waals surface area contributed by atoms with Crippen molar-refractivity contribution < 1.29 is 9.21 Å². The largest absolute Gasteiger partial charge is 0.441 e. The molecule has 6 heteroatoms. The van der Waals surface area contributed by atoms with Crippen LogP contribution in [0.3, 0.4) is 0 Å². The van der Waals surface area contributed by atoms with E-state index in [4.69, 9.17) is 4.42 Å². The first kappa shape index (κ1) is 19.6. The van der Waals surface area contributed by atoms with Crippen LogP contribution in [0, 0.1) is 6.92 Å². The standard InChI is InChI=1S/C25H26N4O2/c1-17-27-22-10-7-19(13-23(22)31-17)18-5-4-6-20-8-9-21(15-29(20)24(30)14-18)28-12-11-26-25(2,3)16-28/h4-10,13-15,26H,11-12,16H2,1-3H3/b5-4?,18-14?,20-6+. The number of nitrogens with zero attached hydrogens (tertiary/aromatic N) is 3. The smallest absolute Gasteiger partial charge is 0.255 e. The molecule has 4 heterocycles. The van der Waals surface area contributed by atoms with Gasteiger partial charge in [0.2, 0.25) is 0 Å². The Hall–Kier alpha value is -3.38. The summed E-state index contributed by atoms with van der Waals surface area (Å²) in [7, 11) is 0. The number of hydrogen-bond donors (Lipinski definition) is 1. The second-order valence-corrected chi connectivity index (χ2v) is 8.79. The van der Waals surface area contributed by atoms with E-state index in [1.165, 1.54) is 0 Å². The summed E-state index contributed by atoms with van der Waals surface area (Å²) in [6, 6.07) is 5.83. The normalized spacial score (nSPS) is 22.4. The molecule has 3 aliphatic heterocycles. The quantitative estimate of drug-likeness (QED) is 0.808. The van der Waals surface area contributed by atoms with Crippen LogP contribution >= 0.6 is 0 Å². The van der Waals surface area contributed by atoms with Crippen LogP contribution in [0.2, 0.25) is 0 Å². The van der Waals surface area contributed by atoms with Crippen molar-refractivity contribution in [1.82, 2.24) is 20.1 Å². The van der Waals surface area contributed by atoms with E-state index in [0.717, 1.165) is 53.3 Å². The maximum absolute atomic E-state index is 13.2. The van der Waals surface area contributed by atoms with Gasteiger partial charge in [-0.15, -0.1) is 0 Å². The number of nitrogens with one attached hydrogen (secondary N) is 1. The van der Waals surface area contributed by atoms with E-state index in [-0.39, 0.29) is 11.4 Å². The molecule has 1 N–H and O–H groups in total. The van der Waals surface area contributed by atoms with Gasteiger partial charge in [-0.1, -0.05) is 18.2 Å². The lowest BCUT2D eigenvalue weighted by Crippen LogP contribution is -2.56. The third kappa shape index (κ3) is 3.86. The van der Waals surface area contributed by atoms with Gasteiger partial charge in [-0.3, -0.25) is 9.69 Å². The molecule has 0 radical (unpaired) electrons. The van der Waals surface area contributed by atoms with Gasteiger partial charge in [0.15, 0.2) is 11.5 Å². The van der Waals surface area contributed by atoms with Gasteiger partial charge in [-0.05, 0) is 55.3 Å². The highest BCUT2D eigenvalue weighted by molar-refractivity contribution is 6.00. The molecule has 1 aromatic heterocycles. The summed E-state index contributed by atoms with van der Waals surface area (Å²) in [5.74, 6) is 0.558. The highest BCUT2D eigenvalue weighted by Gasteiger charge is 2.28. The van der Waals surface area contributed by atoms with E-state index in [9.17, 15) is 4.79 Å². The van der Waals surface area contributed by atoms with Crippen LogP contribution in [0.15, 0.2) is 76.7 Å². The van der Waals surface area contributed by atoms with E-state index >= 15 is 0 Å². The van der Waals surface area contributed by atoms with Crippen molar-refractivity contribution in [2.75, 3.05) is 19.6 Å². The van der Waals surface area contributed by atoms with Crippen molar-refractivity contribution in [2.45, 2.75) is 26.3 Å². The lowest BCUT2D eigenvalue weighted by molar-refractivity contribution is -0.122. The summed E-state index contributed by atoms with van der Waals surface area (Å²) in [6.45, 7) is 8.96. The summed E-state index contributed by atoms with van der Waals surface area (Å²) >= 11 is 0. The first-order chi connectivity index (χ1) is 14.9. The topological polar surface area (TPSA) is 61.6 Å². The molecule has 2 aromatic rings. The van der Waals surface area contributed by atoms with Crippen molar-refractivity contribution in [3.63, 3.8) is 0 Å². The van der Waals surface area contributed by atoms with Crippen LogP contribution < -0.4 is 5.32 Å². The lowest BCUT2D eigenvalue weighted by Gasteiger charge is -2.42. The summed E-state index contributed by atoms with van der Waals surface area (Å²) in [5.41, 5.74) is 5.25. The van der Waals surface area contributed by atoms with Crippen molar-refractivity contribution in [2.24, 2.45) is 0 Å². The molecule has 5 rings (SSSR count). The number of carbonyl (C=O) groups excluding carboxylic acids is 1. The van der Waals surface area contributed by atoms with Gasteiger partial charge in [0.1, 0.15) is 5.52 Å². The number of aryl methyl sites for hydroxylation is 1. The zero-order valence-corrected chi connectivity index (χ0v) is 18.1. The van der Waals surface area contributed by atoms with Crippen molar-refractivity contribution in [3.8, 4) is 0 Å². The molecule has 31 heavy (non-hydrogen) atoms. The highest BCUT2D eigenvalue weighted by atomic mass is 16.3. The average molecular weight is 415 g/mol. The van der Waals surface area contributed by atoms with Crippen molar-refractivity contribution in [1.29, 1.82) is 0 Å². The first-order valence-electron chi connectivity index (χ1n) is 10.6. The predicted molar refractivity (Wildman–Crippen MR) is 122 cm³/mol. The maximum atomic E-state index is 13.2. The molecule has 3 aliphatic rings. The van der Waals surface area contributed by atoms with Gasteiger partial charge in [0, 0.05) is 50.1 Å². The molecule has 0 spiro atoms. The van der Waals surface area contributed by atoms with Gasteiger partial charge in [0.25, 0.3) is 5.91 Å². The molecule has 0 saturated carbocycles. The van der Waals surface area contributed by atoms with Crippen LogP contribution in [0.25, 0.3) is 16.7 Å². The Morgan fingerprint density at radius 2 is 2.00 bits per heavy atom. The molecule has 1 amide bonds. The number of piperazine rings is 1. The summed E-state index contributed by atoms with van der Waals surface area (Å²) in [6.07, 6.45) is 13.6. The molecule has 0 unspecified atom stereocenters. The molecule has 6 nitrogen and oxygen atoms in total. The number of allylic oxidation sites excluding steroid dienone is 6. The number of oxazole rings is 1. The molecule has 158 valence electrons. The second-order valence-electron chi connectivity index (χ2n) is 8.79. The highest BCUT2D eigenvalue weighted by Crippen LogP contribution is 2.27. The SMILES string of the molecule is Cc1nc2ccc(C3=CC(=O)N4C=C(N5CCNC(C)(C)C5)C=C/C4=C\C=C3)cc2o1. The molecule has 0 aliphatic carbocycles. The van der Waals surface area contributed by atoms with Gasteiger partial charge < -0.3 is 14.6 Å².